The maximum Gasteiger partial charge on any atom is 0.303 e. The van der Waals surface area contributed by atoms with Gasteiger partial charge in [0.25, 0.3) is 0 Å². The molecule has 1 aliphatic carbocycles. The van der Waals surface area contributed by atoms with Gasteiger partial charge in [-0.1, -0.05) is 26.2 Å². The molecule has 1 heterocycles. The zero-order valence-electron chi connectivity index (χ0n) is 10.9. The highest BCUT2D eigenvalue weighted by molar-refractivity contribution is 7.09. The van der Waals surface area contributed by atoms with E-state index in [-0.39, 0.29) is 6.42 Å². The molecule has 1 aromatic rings. The fourth-order valence-corrected chi connectivity index (χ4v) is 3.75. The number of hydrogen-bond acceptors (Lipinski definition) is 3. The summed E-state index contributed by atoms with van der Waals surface area (Å²) in [7, 11) is 0. The predicted molar refractivity (Wildman–Crippen MR) is 73.1 cm³/mol. The summed E-state index contributed by atoms with van der Waals surface area (Å²) < 4.78 is 0. The Morgan fingerprint density at radius 2 is 2.39 bits per heavy atom. The van der Waals surface area contributed by atoms with E-state index in [1.54, 1.807) is 11.3 Å². The fourth-order valence-electron chi connectivity index (χ4n) is 2.75. The Labute approximate surface area is 112 Å². The van der Waals surface area contributed by atoms with Crippen LogP contribution in [0.4, 0.5) is 0 Å². The molecule has 0 bridgehead atoms. The molecular formula is C14H21NO2S. The van der Waals surface area contributed by atoms with Gasteiger partial charge in [0.15, 0.2) is 0 Å². The van der Waals surface area contributed by atoms with E-state index in [1.165, 1.54) is 37.1 Å². The molecule has 0 aliphatic heterocycles. The molecule has 0 spiro atoms. The summed E-state index contributed by atoms with van der Waals surface area (Å²) in [6.07, 6.45) is 7.22. The molecule has 1 aliphatic rings. The number of rotatable bonds is 5. The molecule has 3 nitrogen and oxygen atoms in total. The van der Waals surface area contributed by atoms with Crippen LogP contribution in [0.5, 0.6) is 0 Å². The number of thiazole rings is 1. The summed E-state index contributed by atoms with van der Waals surface area (Å²) in [5, 5.41) is 11.9. The van der Waals surface area contributed by atoms with Crippen molar-refractivity contribution < 1.29 is 9.90 Å². The molecule has 1 saturated carbocycles. The zero-order valence-corrected chi connectivity index (χ0v) is 11.7. The molecule has 100 valence electrons. The molecule has 0 saturated heterocycles. The third kappa shape index (κ3) is 3.55. The minimum atomic E-state index is -0.742. The molecule has 2 atom stereocenters. The summed E-state index contributed by atoms with van der Waals surface area (Å²) in [5.74, 6) is 0.732. The Hall–Kier alpha value is -0.900. The van der Waals surface area contributed by atoms with Gasteiger partial charge in [-0.05, 0) is 18.8 Å². The Balaban J connectivity index is 1.94. The lowest BCUT2D eigenvalue weighted by Crippen LogP contribution is -2.13. The van der Waals surface area contributed by atoms with E-state index < -0.39 is 5.97 Å². The van der Waals surface area contributed by atoms with Crippen LogP contribution in [0.1, 0.15) is 62.1 Å². The molecule has 2 unspecified atom stereocenters. The Kier molecular flexibility index (Phi) is 4.75. The van der Waals surface area contributed by atoms with Crippen molar-refractivity contribution in [1.82, 2.24) is 4.98 Å². The van der Waals surface area contributed by atoms with Gasteiger partial charge in [-0.3, -0.25) is 4.79 Å². The maximum atomic E-state index is 10.5. The SMILES string of the molecule is CCC1CCCC(c2nc(CCC(=O)O)cs2)C1. The second kappa shape index (κ2) is 6.32. The standard InChI is InChI=1S/C14H21NO2S/c1-2-10-4-3-5-11(8-10)14-15-12(9-18-14)6-7-13(16)17/h9-11H,2-8H2,1H3,(H,16,17). The smallest absolute Gasteiger partial charge is 0.303 e. The Morgan fingerprint density at radius 1 is 1.56 bits per heavy atom. The number of carbonyl (C=O) groups is 1. The van der Waals surface area contributed by atoms with E-state index in [0.717, 1.165) is 11.6 Å². The molecule has 0 radical (unpaired) electrons. The first-order valence-electron chi connectivity index (χ1n) is 6.85. The van der Waals surface area contributed by atoms with Gasteiger partial charge in [-0.2, -0.15) is 0 Å². The van der Waals surface area contributed by atoms with Crippen molar-refractivity contribution in [1.29, 1.82) is 0 Å². The highest BCUT2D eigenvalue weighted by atomic mass is 32.1. The van der Waals surface area contributed by atoms with Gasteiger partial charge in [-0.15, -0.1) is 11.3 Å². The van der Waals surface area contributed by atoms with Gasteiger partial charge in [-0.25, -0.2) is 4.98 Å². The summed E-state index contributed by atoms with van der Waals surface area (Å²) in [6.45, 7) is 2.27. The average Bonchev–Trinajstić information content (AvgIpc) is 2.85. The lowest BCUT2D eigenvalue weighted by Gasteiger charge is -2.26. The van der Waals surface area contributed by atoms with E-state index in [1.807, 2.05) is 5.38 Å². The second-order valence-corrected chi connectivity index (χ2v) is 6.10. The van der Waals surface area contributed by atoms with Crippen LogP contribution in [-0.2, 0) is 11.2 Å². The average molecular weight is 267 g/mol. The van der Waals surface area contributed by atoms with E-state index in [9.17, 15) is 4.79 Å². The molecule has 4 heteroatoms. The number of aryl methyl sites for hydroxylation is 1. The van der Waals surface area contributed by atoms with Crippen LogP contribution in [0.2, 0.25) is 0 Å². The van der Waals surface area contributed by atoms with Crippen molar-refractivity contribution >= 4 is 17.3 Å². The monoisotopic (exact) mass is 267 g/mol. The van der Waals surface area contributed by atoms with Crippen LogP contribution in [0.25, 0.3) is 0 Å². The molecule has 2 rings (SSSR count). The van der Waals surface area contributed by atoms with Crippen molar-refractivity contribution in [3.63, 3.8) is 0 Å². The topological polar surface area (TPSA) is 50.2 Å². The van der Waals surface area contributed by atoms with Crippen LogP contribution >= 0.6 is 11.3 Å². The largest absolute Gasteiger partial charge is 0.481 e. The molecule has 18 heavy (non-hydrogen) atoms. The number of nitrogens with zero attached hydrogens (tertiary/aromatic N) is 1. The third-order valence-corrected chi connectivity index (χ3v) is 4.93. The first-order valence-corrected chi connectivity index (χ1v) is 7.73. The fraction of sp³-hybridized carbons (Fsp3) is 0.714. The van der Waals surface area contributed by atoms with Gasteiger partial charge >= 0.3 is 5.97 Å². The van der Waals surface area contributed by atoms with Crippen molar-refractivity contribution in [2.45, 2.75) is 57.8 Å². The van der Waals surface area contributed by atoms with E-state index >= 15 is 0 Å². The second-order valence-electron chi connectivity index (χ2n) is 5.21. The Bertz CT molecular complexity index is 402. The molecular weight excluding hydrogens is 246 g/mol. The van der Waals surface area contributed by atoms with Crippen LogP contribution in [0.3, 0.4) is 0 Å². The molecule has 1 fully saturated rings. The predicted octanol–water partition coefficient (Wildman–Crippen LogP) is 3.84. The normalized spacial score (nSPS) is 24.1. The third-order valence-electron chi connectivity index (χ3n) is 3.87. The first kappa shape index (κ1) is 13.5. The highest BCUT2D eigenvalue weighted by Gasteiger charge is 2.24. The summed E-state index contributed by atoms with van der Waals surface area (Å²) in [4.78, 5) is 15.2. The molecule has 0 aromatic carbocycles. The lowest BCUT2D eigenvalue weighted by atomic mass is 9.80. The van der Waals surface area contributed by atoms with Crippen LogP contribution in [-0.4, -0.2) is 16.1 Å². The van der Waals surface area contributed by atoms with Gasteiger partial charge in [0.2, 0.25) is 0 Å². The summed E-state index contributed by atoms with van der Waals surface area (Å²) >= 11 is 1.72. The lowest BCUT2D eigenvalue weighted by molar-refractivity contribution is -0.136. The van der Waals surface area contributed by atoms with Crippen LogP contribution < -0.4 is 0 Å². The van der Waals surface area contributed by atoms with Crippen molar-refractivity contribution in [3.8, 4) is 0 Å². The summed E-state index contributed by atoms with van der Waals surface area (Å²) in [5.41, 5.74) is 0.955. The maximum absolute atomic E-state index is 10.5. The van der Waals surface area contributed by atoms with E-state index in [2.05, 4.69) is 11.9 Å². The van der Waals surface area contributed by atoms with Gasteiger partial charge < -0.3 is 5.11 Å². The Morgan fingerprint density at radius 3 is 3.11 bits per heavy atom. The summed E-state index contributed by atoms with van der Waals surface area (Å²) in [6, 6.07) is 0. The first-order chi connectivity index (χ1) is 8.69. The molecule has 1 aromatic heterocycles. The zero-order chi connectivity index (χ0) is 13.0. The van der Waals surface area contributed by atoms with Gasteiger partial charge in [0.05, 0.1) is 17.1 Å². The highest BCUT2D eigenvalue weighted by Crippen LogP contribution is 2.38. The van der Waals surface area contributed by atoms with E-state index in [0.29, 0.717) is 12.3 Å². The minimum absolute atomic E-state index is 0.186. The molecule has 0 amide bonds. The number of carboxylic acid groups (broad SMARTS) is 1. The quantitative estimate of drug-likeness (QED) is 0.881. The number of aromatic nitrogens is 1. The van der Waals surface area contributed by atoms with Crippen molar-refractivity contribution in [3.05, 3.63) is 16.1 Å². The number of carboxylic acids is 1. The number of aliphatic carboxylic acids is 1. The van der Waals surface area contributed by atoms with Crippen LogP contribution in [0, 0.1) is 5.92 Å². The van der Waals surface area contributed by atoms with Gasteiger partial charge in [0, 0.05) is 17.7 Å². The van der Waals surface area contributed by atoms with Crippen molar-refractivity contribution in [2.75, 3.05) is 0 Å². The van der Waals surface area contributed by atoms with Gasteiger partial charge in [0.1, 0.15) is 0 Å². The van der Waals surface area contributed by atoms with Crippen molar-refractivity contribution in [2.24, 2.45) is 5.92 Å². The van der Waals surface area contributed by atoms with E-state index in [4.69, 9.17) is 5.11 Å². The molecule has 1 N–H and O–H groups in total. The number of hydrogen-bond donors (Lipinski definition) is 1. The minimum Gasteiger partial charge on any atom is -0.481 e. The van der Waals surface area contributed by atoms with Crippen LogP contribution in [0.15, 0.2) is 5.38 Å².